The van der Waals surface area contributed by atoms with Gasteiger partial charge in [-0.25, -0.2) is 13.1 Å². The first-order valence-corrected chi connectivity index (χ1v) is 9.92. The van der Waals surface area contributed by atoms with E-state index in [0.717, 1.165) is 0 Å². The second kappa shape index (κ2) is 8.36. The van der Waals surface area contributed by atoms with Crippen molar-refractivity contribution in [2.45, 2.75) is 45.1 Å². The molecule has 0 aliphatic carbocycles. The largest absolute Gasteiger partial charge is 0.466 e. The lowest BCUT2D eigenvalue weighted by atomic mass is 10.2. The molecule has 0 bridgehead atoms. The lowest BCUT2D eigenvalue weighted by Crippen LogP contribution is -2.41. The van der Waals surface area contributed by atoms with E-state index >= 15 is 0 Å². The summed E-state index contributed by atoms with van der Waals surface area (Å²) in [6.07, 6.45) is 0.662. The van der Waals surface area contributed by atoms with Gasteiger partial charge in [0.25, 0.3) is 11.8 Å². The number of carbonyl (C=O) groups excluding carboxylic acids is 2. The van der Waals surface area contributed by atoms with Crippen LogP contribution in [0.25, 0.3) is 0 Å². The van der Waals surface area contributed by atoms with Crippen LogP contribution in [0.15, 0.2) is 39.6 Å². The number of benzene rings is 1. The van der Waals surface area contributed by atoms with Crippen molar-refractivity contribution in [2.24, 2.45) is 0 Å². The van der Waals surface area contributed by atoms with E-state index in [1.54, 1.807) is 26.8 Å². The number of rotatable bonds is 6. The maximum absolute atomic E-state index is 12.2. The van der Waals surface area contributed by atoms with Gasteiger partial charge in [0.05, 0.1) is 10.5 Å². The highest BCUT2D eigenvalue weighted by atomic mass is 32.2. The van der Waals surface area contributed by atoms with E-state index in [-0.39, 0.29) is 16.5 Å². The molecule has 0 saturated carbocycles. The molecule has 0 aliphatic rings. The molecule has 2 amide bonds. The van der Waals surface area contributed by atoms with Crippen LogP contribution in [-0.2, 0) is 10.0 Å². The van der Waals surface area contributed by atoms with Crippen molar-refractivity contribution in [1.82, 2.24) is 15.6 Å². The summed E-state index contributed by atoms with van der Waals surface area (Å²) in [5.41, 5.74) is 5.12. The third-order valence-corrected chi connectivity index (χ3v) is 5.58. The van der Waals surface area contributed by atoms with Gasteiger partial charge in [-0.05, 0) is 57.5 Å². The van der Waals surface area contributed by atoms with E-state index in [4.69, 9.17) is 4.42 Å². The number of hydrogen-bond acceptors (Lipinski definition) is 5. The van der Waals surface area contributed by atoms with E-state index in [0.29, 0.717) is 23.5 Å². The molecule has 0 aliphatic heterocycles. The van der Waals surface area contributed by atoms with E-state index in [1.807, 2.05) is 6.92 Å². The summed E-state index contributed by atoms with van der Waals surface area (Å²) in [6.45, 7) is 7.01. The Labute approximate surface area is 158 Å². The van der Waals surface area contributed by atoms with Crippen LogP contribution in [0.3, 0.4) is 0 Å². The highest BCUT2D eigenvalue weighted by Gasteiger charge is 2.18. The van der Waals surface area contributed by atoms with Gasteiger partial charge in [-0.15, -0.1) is 0 Å². The number of hydrazine groups is 1. The first kappa shape index (κ1) is 20.7. The molecule has 3 N–H and O–H groups in total. The van der Waals surface area contributed by atoms with Crippen molar-refractivity contribution in [3.8, 4) is 0 Å². The second-order valence-corrected chi connectivity index (χ2v) is 7.90. The van der Waals surface area contributed by atoms with E-state index in [2.05, 4.69) is 15.6 Å². The predicted molar refractivity (Wildman–Crippen MR) is 99.6 cm³/mol. The molecular weight excluding hydrogens is 370 g/mol. The van der Waals surface area contributed by atoms with Gasteiger partial charge in [0.1, 0.15) is 11.5 Å². The number of aryl methyl sites for hydroxylation is 2. The quantitative estimate of drug-likeness (QED) is 0.649. The zero-order valence-electron chi connectivity index (χ0n) is 15.6. The number of sulfonamides is 1. The van der Waals surface area contributed by atoms with E-state index < -0.39 is 21.8 Å². The normalized spacial score (nSPS) is 12.4. The summed E-state index contributed by atoms with van der Waals surface area (Å²) in [4.78, 5) is 24.3. The molecular formula is C18H23N3O5S. The number of amides is 2. The highest BCUT2D eigenvalue weighted by Crippen LogP contribution is 2.14. The van der Waals surface area contributed by atoms with Crippen LogP contribution >= 0.6 is 0 Å². The zero-order valence-corrected chi connectivity index (χ0v) is 16.4. The Morgan fingerprint density at radius 1 is 1.07 bits per heavy atom. The van der Waals surface area contributed by atoms with Crippen molar-refractivity contribution in [2.75, 3.05) is 0 Å². The van der Waals surface area contributed by atoms with Gasteiger partial charge in [-0.2, -0.15) is 0 Å². The third kappa shape index (κ3) is 5.18. The Hall–Kier alpha value is -2.65. The summed E-state index contributed by atoms with van der Waals surface area (Å²) in [5, 5.41) is 0. The molecule has 0 fully saturated rings. The van der Waals surface area contributed by atoms with Crippen molar-refractivity contribution in [3.05, 3.63) is 53.0 Å². The summed E-state index contributed by atoms with van der Waals surface area (Å²) in [6, 6.07) is 6.81. The van der Waals surface area contributed by atoms with Crippen LogP contribution in [0.5, 0.6) is 0 Å². The summed E-state index contributed by atoms with van der Waals surface area (Å²) in [7, 11) is -3.64. The van der Waals surface area contributed by atoms with Gasteiger partial charge in [0.15, 0.2) is 0 Å². The topological polar surface area (TPSA) is 118 Å². The van der Waals surface area contributed by atoms with Crippen molar-refractivity contribution in [1.29, 1.82) is 0 Å². The number of furan rings is 1. The SMILES string of the molecule is CC[C@H](C)NS(=O)(=O)c1ccc(C(=O)NNC(=O)c2cc(C)oc2C)cc1. The predicted octanol–water partition coefficient (Wildman–Crippen LogP) is 2.05. The Bertz CT molecular complexity index is 932. The second-order valence-electron chi connectivity index (χ2n) is 6.19. The number of carbonyl (C=O) groups is 2. The first-order chi connectivity index (χ1) is 12.6. The third-order valence-electron chi connectivity index (χ3n) is 3.97. The maximum atomic E-state index is 12.2. The Kier molecular flexibility index (Phi) is 6.40. The molecule has 0 unspecified atom stereocenters. The molecule has 1 aromatic carbocycles. The number of hydrogen-bond donors (Lipinski definition) is 3. The summed E-state index contributed by atoms with van der Waals surface area (Å²) in [5.74, 6) is -0.0379. The number of nitrogens with one attached hydrogen (secondary N) is 3. The van der Waals surface area contributed by atoms with Crippen molar-refractivity contribution in [3.63, 3.8) is 0 Å². The van der Waals surface area contributed by atoms with E-state index in [9.17, 15) is 18.0 Å². The fraction of sp³-hybridized carbons (Fsp3) is 0.333. The molecule has 8 nitrogen and oxygen atoms in total. The molecule has 146 valence electrons. The zero-order chi connectivity index (χ0) is 20.2. The first-order valence-electron chi connectivity index (χ1n) is 8.44. The highest BCUT2D eigenvalue weighted by molar-refractivity contribution is 7.89. The molecule has 1 heterocycles. The minimum atomic E-state index is -3.64. The van der Waals surface area contributed by atoms with Crippen LogP contribution < -0.4 is 15.6 Å². The molecule has 27 heavy (non-hydrogen) atoms. The fourth-order valence-corrected chi connectivity index (χ4v) is 3.64. The molecule has 9 heteroatoms. The summed E-state index contributed by atoms with van der Waals surface area (Å²) < 4.78 is 32.2. The van der Waals surface area contributed by atoms with Crippen LogP contribution in [0.4, 0.5) is 0 Å². The minimum Gasteiger partial charge on any atom is -0.466 e. The molecule has 2 aromatic rings. The monoisotopic (exact) mass is 393 g/mol. The van der Waals surface area contributed by atoms with E-state index in [1.165, 1.54) is 24.3 Å². The molecule has 2 rings (SSSR count). The molecule has 1 atom stereocenters. The standard InChI is InChI=1S/C18H23N3O5S/c1-5-11(2)21-27(24,25)15-8-6-14(7-9-15)17(22)19-20-18(23)16-10-12(3)26-13(16)4/h6-11,21H,5H2,1-4H3,(H,19,22)(H,20,23)/t11-/m0/s1. The molecule has 0 saturated heterocycles. The van der Waals surface area contributed by atoms with Crippen LogP contribution in [0, 0.1) is 13.8 Å². The smallest absolute Gasteiger partial charge is 0.273 e. The van der Waals surface area contributed by atoms with Gasteiger partial charge in [-0.1, -0.05) is 6.92 Å². The van der Waals surface area contributed by atoms with Gasteiger partial charge in [0, 0.05) is 11.6 Å². The Balaban J connectivity index is 2.01. The Morgan fingerprint density at radius 3 is 2.19 bits per heavy atom. The average molecular weight is 393 g/mol. The van der Waals surface area contributed by atoms with Crippen LogP contribution in [0.1, 0.15) is 52.5 Å². The van der Waals surface area contributed by atoms with Gasteiger partial charge in [-0.3, -0.25) is 20.4 Å². The lowest BCUT2D eigenvalue weighted by Gasteiger charge is -2.12. The molecule has 0 radical (unpaired) electrons. The van der Waals surface area contributed by atoms with Crippen LogP contribution in [0.2, 0.25) is 0 Å². The average Bonchev–Trinajstić information content (AvgIpc) is 2.97. The van der Waals surface area contributed by atoms with Gasteiger partial charge >= 0.3 is 0 Å². The summed E-state index contributed by atoms with van der Waals surface area (Å²) >= 11 is 0. The van der Waals surface area contributed by atoms with Gasteiger partial charge < -0.3 is 4.42 Å². The Morgan fingerprint density at radius 2 is 1.67 bits per heavy atom. The van der Waals surface area contributed by atoms with Crippen LogP contribution in [-0.4, -0.2) is 26.3 Å². The molecule has 1 aromatic heterocycles. The van der Waals surface area contributed by atoms with Crippen molar-refractivity contribution < 1.29 is 22.4 Å². The maximum Gasteiger partial charge on any atom is 0.273 e. The fourth-order valence-electron chi connectivity index (χ4n) is 2.31. The van der Waals surface area contributed by atoms with Crippen molar-refractivity contribution >= 4 is 21.8 Å². The van der Waals surface area contributed by atoms with Gasteiger partial charge in [0.2, 0.25) is 10.0 Å². The minimum absolute atomic E-state index is 0.0629. The molecule has 0 spiro atoms. The lowest BCUT2D eigenvalue weighted by molar-refractivity contribution is 0.0845.